The lowest BCUT2D eigenvalue weighted by Gasteiger charge is -2.26. The Morgan fingerprint density at radius 1 is 1.18 bits per heavy atom. The van der Waals surface area contributed by atoms with E-state index in [1.807, 2.05) is 11.6 Å². The molecule has 0 N–H and O–H groups in total. The highest BCUT2D eigenvalue weighted by molar-refractivity contribution is 8.05. The maximum Gasteiger partial charge on any atom is 0.308 e. The first kappa shape index (κ1) is 22.2. The summed E-state index contributed by atoms with van der Waals surface area (Å²) in [5.74, 6) is 0.763. The van der Waals surface area contributed by atoms with Crippen molar-refractivity contribution in [3.05, 3.63) is 51.0 Å². The van der Waals surface area contributed by atoms with Crippen LogP contribution in [0.3, 0.4) is 0 Å². The molecule has 152 valence electrons. The van der Waals surface area contributed by atoms with Crippen LogP contribution in [0.25, 0.3) is 0 Å². The van der Waals surface area contributed by atoms with Gasteiger partial charge >= 0.3 is 5.97 Å². The van der Waals surface area contributed by atoms with Crippen LogP contribution in [0.2, 0.25) is 0 Å². The van der Waals surface area contributed by atoms with E-state index in [2.05, 4.69) is 39.8 Å². The molecule has 0 aromatic heterocycles. The summed E-state index contributed by atoms with van der Waals surface area (Å²) in [5, 5.41) is 1.96. The van der Waals surface area contributed by atoms with Gasteiger partial charge in [0, 0.05) is 31.6 Å². The summed E-state index contributed by atoms with van der Waals surface area (Å²) in [7, 11) is 1.61. The second kappa shape index (κ2) is 9.94. The number of esters is 1. The Morgan fingerprint density at radius 2 is 1.79 bits per heavy atom. The van der Waals surface area contributed by atoms with Crippen molar-refractivity contribution in [3.8, 4) is 5.75 Å². The summed E-state index contributed by atoms with van der Waals surface area (Å²) in [5.41, 5.74) is 3.73. The van der Waals surface area contributed by atoms with Crippen LogP contribution in [0.15, 0.2) is 34.3 Å². The number of allylic oxidation sites excluding steroid dienone is 2. The molecule has 1 aromatic carbocycles. The zero-order chi connectivity index (χ0) is 20.8. The summed E-state index contributed by atoms with van der Waals surface area (Å²) in [6, 6.07) is 4.17. The highest BCUT2D eigenvalue weighted by Gasteiger charge is 2.21. The first-order valence-corrected chi connectivity index (χ1v) is 10.3. The molecule has 2 rings (SSSR count). The summed E-state index contributed by atoms with van der Waals surface area (Å²) in [4.78, 5) is 26.1. The largest absolute Gasteiger partial charge is 0.426 e. The Labute approximate surface area is 171 Å². The van der Waals surface area contributed by atoms with Crippen molar-refractivity contribution in [1.82, 2.24) is 4.90 Å². The van der Waals surface area contributed by atoms with Crippen LogP contribution in [-0.2, 0) is 20.7 Å². The van der Waals surface area contributed by atoms with Crippen LogP contribution < -0.4 is 4.74 Å². The minimum Gasteiger partial charge on any atom is -0.426 e. The normalized spacial score (nSPS) is 14.2. The summed E-state index contributed by atoms with van der Waals surface area (Å²) >= 11 is 1.55. The minimum absolute atomic E-state index is 0.204. The molecule has 0 spiro atoms. The molecule has 0 radical (unpaired) electrons. The van der Waals surface area contributed by atoms with Gasteiger partial charge in [-0.05, 0) is 33.9 Å². The predicted molar refractivity (Wildman–Crippen MR) is 113 cm³/mol. The molecule has 1 aliphatic rings. The highest BCUT2D eigenvalue weighted by Crippen LogP contribution is 2.38. The number of thioether (sulfide) groups is 1. The fraction of sp³-hybridized carbons (Fsp3) is 0.455. The Morgan fingerprint density at radius 3 is 2.25 bits per heavy atom. The van der Waals surface area contributed by atoms with Gasteiger partial charge < -0.3 is 14.4 Å². The van der Waals surface area contributed by atoms with Crippen LogP contribution in [-0.4, -0.2) is 31.0 Å². The van der Waals surface area contributed by atoms with Gasteiger partial charge in [0.25, 0.3) is 0 Å². The van der Waals surface area contributed by atoms with Crippen molar-refractivity contribution in [1.29, 1.82) is 0 Å². The molecule has 6 heteroatoms. The topological polar surface area (TPSA) is 55.8 Å². The zero-order valence-corrected chi connectivity index (χ0v) is 18.3. The first-order chi connectivity index (χ1) is 13.3. The Hall–Kier alpha value is -2.05. The van der Waals surface area contributed by atoms with Crippen molar-refractivity contribution in [2.45, 2.75) is 52.9 Å². The van der Waals surface area contributed by atoms with E-state index in [4.69, 9.17) is 9.47 Å². The molecular formula is C22H29NO4S. The average molecular weight is 404 g/mol. The number of ether oxygens (including phenoxy) is 2. The van der Waals surface area contributed by atoms with Gasteiger partial charge in [0.05, 0.1) is 5.70 Å². The maximum atomic E-state index is 11.7. The molecule has 0 amide bonds. The highest BCUT2D eigenvalue weighted by atomic mass is 32.2. The number of benzene rings is 1. The monoisotopic (exact) mass is 403 g/mol. The molecule has 1 aromatic rings. The minimum atomic E-state index is -0.314. The Kier molecular flexibility index (Phi) is 7.89. The Balaban J connectivity index is 2.51. The third-order valence-electron chi connectivity index (χ3n) is 4.49. The lowest BCUT2D eigenvalue weighted by Crippen LogP contribution is -2.23. The molecular weight excluding hydrogens is 374 g/mol. The molecule has 1 aliphatic heterocycles. The number of hydrogen-bond donors (Lipinski definition) is 0. The number of aldehydes is 1. The van der Waals surface area contributed by atoms with Crippen molar-refractivity contribution in [2.24, 2.45) is 0 Å². The molecule has 0 fully saturated rings. The van der Waals surface area contributed by atoms with Crippen LogP contribution in [0, 0.1) is 0 Å². The molecule has 0 saturated carbocycles. The summed E-state index contributed by atoms with van der Waals surface area (Å²) < 4.78 is 10.8. The second-order valence-corrected chi connectivity index (χ2v) is 8.40. The van der Waals surface area contributed by atoms with Gasteiger partial charge in [0.2, 0.25) is 0 Å². The molecule has 28 heavy (non-hydrogen) atoms. The Bertz CT molecular complexity index is 767. The van der Waals surface area contributed by atoms with Gasteiger partial charge in [0.1, 0.15) is 12.5 Å². The van der Waals surface area contributed by atoms with Gasteiger partial charge in [-0.3, -0.25) is 9.59 Å². The molecule has 5 nitrogen and oxygen atoms in total. The van der Waals surface area contributed by atoms with Gasteiger partial charge in [-0.1, -0.05) is 51.6 Å². The first-order valence-electron chi connectivity index (χ1n) is 9.40. The van der Waals surface area contributed by atoms with E-state index in [0.717, 1.165) is 27.9 Å². The van der Waals surface area contributed by atoms with Crippen molar-refractivity contribution >= 4 is 24.0 Å². The predicted octanol–water partition coefficient (Wildman–Crippen LogP) is 4.94. The van der Waals surface area contributed by atoms with E-state index in [9.17, 15) is 9.59 Å². The van der Waals surface area contributed by atoms with Gasteiger partial charge in [0.15, 0.2) is 6.29 Å². The molecule has 1 heterocycles. The summed E-state index contributed by atoms with van der Waals surface area (Å²) in [6.45, 7) is 10.1. The van der Waals surface area contributed by atoms with Crippen molar-refractivity contribution < 1.29 is 19.1 Å². The number of hydrogen-bond acceptors (Lipinski definition) is 6. The van der Waals surface area contributed by atoms with Gasteiger partial charge in [-0.2, -0.15) is 0 Å². The standard InChI is InChI=1S/C22H29NO4S/c1-14(2)18-9-17(10-19(15(3)4)22(18)27-16(5)25)11-21-20(12-24)23(13-26-6)7-8-28-21/h7-10,12,14-15H,11,13H2,1-6H3. The third kappa shape index (κ3) is 5.26. The van der Waals surface area contributed by atoms with E-state index >= 15 is 0 Å². The van der Waals surface area contributed by atoms with Crippen molar-refractivity contribution in [2.75, 3.05) is 13.8 Å². The van der Waals surface area contributed by atoms with Gasteiger partial charge in [-0.15, -0.1) is 0 Å². The smallest absolute Gasteiger partial charge is 0.308 e. The molecule has 0 saturated heterocycles. The number of nitrogens with zero attached hydrogens (tertiary/aromatic N) is 1. The number of carbonyl (C=O) groups excluding carboxylic acids is 2. The molecule has 0 atom stereocenters. The number of methoxy groups -OCH3 is 1. The maximum absolute atomic E-state index is 11.7. The van der Waals surface area contributed by atoms with E-state index in [0.29, 0.717) is 24.6 Å². The van der Waals surface area contributed by atoms with Crippen LogP contribution in [0.4, 0.5) is 0 Å². The van der Waals surface area contributed by atoms with E-state index in [1.165, 1.54) is 6.92 Å². The fourth-order valence-corrected chi connectivity index (χ4v) is 4.06. The lowest BCUT2D eigenvalue weighted by molar-refractivity contribution is -0.132. The molecule has 0 bridgehead atoms. The van der Waals surface area contributed by atoms with E-state index in [1.54, 1.807) is 23.8 Å². The fourth-order valence-electron chi connectivity index (χ4n) is 3.15. The van der Waals surface area contributed by atoms with Crippen molar-refractivity contribution in [3.63, 3.8) is 0 Å². The average Bonchev–Trinajstić information content (AvgIpc) is 2.62. The third-order valence-corrected chi connectivity index (χ3v) is 5.38. The SMILES string of the molecule is COCN1C=CSC(Cc2cc(C(C)C)c(OC(C)=O)c(C(C)C)c2)=C1C=O. The summed E-state index contributed by atoms with van der Waals surface area (Å²) in [6.07, 6.45) is 3.36. The second-order valence-electron chi connectivity index (χ2n) is 7.40. The van der Waals surface area contributed by atoms with Crippen LogP contribution >= 0.6 is 11.8 Å². The number of carbonyl (C=O) groups is 2. The quantitative estimate of drug-likeness (QED) is 0.348. The van der Waals surface area contributed by atoms with E-state index in [-0.39, 0.29) is 17.8 Å². The van der Waals surface area contributed by atoms with E-state index < -0.39 is 0 Å². The van der Waals surface area contributed by atoms with Gasteiger partial charge in [-0.25, -0.2) is 0 Å². The molecule has 0 aliphatic carbocycles. The molecule has 0 unspecified atom stereocenters. The van der Waals surface area contributed by atoms with Crippen LogP contribution in [0.5, 0.6) is 5.75 Å². The number of rotatable bonds is 8. The zero-order valence-electron chi connectivity index (χ0n) is 17.4. The van der Waals surface area contributed by atoms with Crippen LogP contribution in [0.1, 0.15) is 63.1 Å². The lowest BCUT2D eigenvalue weighted by atomic mass is 9.90.